The van der Waals surface area contributed by atoms with Gasteiger partial charge in [0, 0.05) is 10.7 Å². The minimum atomic E-state index is -4.54. The van der Waals surface area contributed by atoms with Crippen LogP contribution < -0.4 is 10.9 Å². The van der Waals surface area contributed by atoms with Crippen molar-refractivity contribution in [3.05, 3.63) is 72.2 Å². The molecule has 5 nitrogen and oxygen atoms in total. The van der Waals surface area contributed by atoms with Crippen LogP contribution in [-0.2, 0) is 6.18 Å². The molecule has 0 atom stereocenters. The summed E-state index contributed by atoms with van der Waals surface area (Å²) < 4.78 is 40.5. The Morgan fingerprint density at radius 2 is 1.97 bits per heavy atom. The first-order chi connectivity index (χ1) is 13.6. The zero-order chi connectivity index (χ0) is 20.9. The predicted molar refractivity (Wildman–Crippen MR) is 109 cm³/mol. The molecule has 2 aromatic carbocycles. The molecule has 11 heteroatoms. The van der Waals surface area contributed by atoms with Gasteiger partial charge in [-0.25, -0.2) is 0 Å². The van der Waals surface area contributed by atoms with Gasteiger partial charge >= 0.3 is 6.18 Å². The Labute approximate surface area is 174 Å². The highest BCUT2D eigenvalue weighted by molar-refractivity contribution is 7.73. The van der Waals surface area contributed by atoms with Crippen molar-refractivity contribution in [3.8, 4) is 0 Å². The van der Waals surface area contributed by atoms with Gasteiger partial charge in [-0.2, -0.15) is 13.2 Å². The van der Waals surface area contributed by atoms with Crippen LogP contribution in [0.25, 0.3) is 16.6 Å². The van der Waals surface area contributed by atoms with Crippen LogP contribution in [0.4, 0.5) is 18.9 Å². The van der Waals surface area contributed by atoms with Gasteiger partial charge in [-0.3, -0.25) is 14.0 Å². The van der Waals surface area contributed by atoms with Crippen molar-refractivity contribution >= 4 is 63.3 Å². The fourth-order valence-corrected chi connectivity index (χ4v) is 4.33. The first-order valence-electron chi connectivity index (χ1n) is 8.01. The van der Waals surface area contributed by atoms with Crippen LogP contribution in [0, 0.1) is 3.95 Å². The summed E-state index contributed by atoms with van der Waals surface area (Å²) in [5.41, 5.74) is -0.765. The Hall–Kier alpha value is -2.69. The highest BCUT2D eigenvalue weighted by atomic mass is 35.5. The molecule has 0 radical (unpaired) electrons. The number of aromatic nitrogens is 2. The molecule has 2 aromatic heterocycles. The number of hydrogen-bond acceptors (Lipinski definition) is 4. The van der Waals surface area contributed by atoms with E-state index in [9.17, 15) is 22.8 Å². The summed E-state index contributed by atoms with van der Waals surface area (Å²) >= 11 is 12.2. The molecule has 148 valence electrons. The maximum atomic E-state index is 12.9. The summed E-state index contributed by atoms with van der Waals surface area (Å²) in [6, 6.07) is 8.94. The number of rotatable bonds is 2. The quantitative estimate of drug-likeness (QED) is 0.392. The Kier molecular flexibility index (Phi) is 4.72. The van der Waals surface area contributed by atoms with Crippen LogP contribution in [0.15, 0.2) is 47.3 Å². The van der Waals surface area contributed by atoms with Crippen LogP contribution in [0.2, 0.25) is 5.02 Å². The maximum absolute atomic E-state index is 12.9. The molecule has 2 heterocycles. The van der Waals surface area contributed by atoms with Crippen LogP contribution >= 0.6 is 35.2 Å². The first-order valence-corrected chi connectivity index (χ1v) is 9.61. The second-order valence-electron chi connectivity index (χ2n) is 6.03. The third-order valence-electron chi connectivity index (χ3n) is 4.14. The highest BCUT2D eigenvalue weighted by Gasteiger charge is 2.30. The standard InChI is InChI=1S/C18H9ClF3N3O2S2/c19-9-4-5-12-11(7-9)15(26)24-14-13(29-17(28)25(12)14)16(27)23-10-3-1-2-8(6-10)18(20,21)22/h1-7H,(H,23,27)(H,24,26). The summed E-state index contributed by atoms with van der Waals surface area (Å²) in [5, 5.41) is 3.08. The fraction of sp³-hybridized carbons (Fsp3) is 0.0556. The lowest BCUT2D eigenvalue weighted by atomic mass is 10.2. The van der Waals surface area contributed by atoms with E-state index in [2.05, 4.69) is 10.3 Å². The van der Waals surface area contributed by atoms with Crippen molar-refractivity contribution < 1.29 is 18.0 Å². The monoisotopic (exact) mass is 455 g/mol. The Balaban J connectivity index is 1.82. The molecular weight excluding hydrogens is 447 g/mol. The van der Waals surface area contributed by atoms with Crippen molar-refractivity contribution in [3.63, 3.8) is 0 Å². The van der Waals surface area contributed by atoms with E-state index in [4.69, 9.17) is 23.8 Å². The van der Waals surface area contributed by atoms with Gasteiger partial charge in [0.05, 0.1) is 16.5 Å². The van der Waals surface area contributed by atoms with Crippen molar-refractivity contribution in [1.29, 1.82) is 0 Å². The van der Waals surface area contributed by atoms with Gasteiger partial charge in [-0.05, 0) is 48.6 Å². The van der Waals surface area contributed by atoms with E-state index in [1.807, 2.05) is 0 Å². The average molecular weight is 456 g/mol. The molecule has 0 saturated carbocycles. The number of alkyl halides is 3. The molecule has 4 rings (SSSR count). The molecule has 2 N–H and O–H groups in total. The van der Waals surface area contributed by atoms with E-state index in [1.165, 1.54) is 22.6 Å². The number of amides is 1. The van der Waals surface area contributed by atoms with Gasteiger partial charge in [-0.15, -0.1) is 0 Å². The molecular formula is C18H9ClF3N3O2S2. The summed E-state index contributed by atoms with van der Waals surface area (Å²) in [6.45, 7) is 0. The number of nitrogens with zero attached hydrogens (tertiary/aromatic N) is 1. The Morgan fingerprint density at radius 3 is 2.69 bits per heavy atom. The van der Waals surface area contributed by atoms with Crippen molar-refractivity contribution in [2.45, 2.75) is 6.18 Å². The molecule has 0 fully saturated rings. The molecule has 0 saturated heterocycles. The SMILES string of the molecule is O=C(Nc1cccc(C(F)(F)F)c1)c1sc(=S)n2c1[nH]c(=O)c1cc(Cl)ccc12. The van der Waals surface area contributed by atoms with E-state index >= 15 is 0 Å². The smallest absolute Gasteiger partial charge is 0.321 e. The number of nitrogens with one attached hydrogen (secondary N) is 2. The second-order valence-corrected chi connectivity index (χ2v) is 8.11. The molecule has 0 unspecified atom stereocenters. The molecule has 0 aliphatic carbocycles. The highest BCUT2D eigenvalue weighted by Crippen LogP contribution is 2.31. The number of H-pyrrole nitrogens is 1. The van der Waals surface area contributed by atoms with Crippen LogP contribution in [0.5, 0.6) is 0 Å². The lowest BCUT2D eigenvalue weighted by Gasteiger charge is -2.09. The van der Waals surface area contributed by atoms with Crippen molar-refractivity contribution in [2.75, 3.05) is 5.32 Å². The molecule has 0 aliphatic rings. The van der Waals surface area contributed by atoms with Crippen molar-refractivity contribution in [1.82, 2.24) is 9.38 Å². The minimum absolute atomic E-state index is 0.0304. The van der Waals surface area contributed by atoms with Gasteiger partial charge < -0.3 is 10.3 Å². The normalized spacial score (nSPS) is 11.9. The molecule has 1 amide bonds. The second kappa shape index (κ2) is 6.97. The van der Waals surface area contributed by atoms with E-state index in [0.717, 1.165) is 23.5 Å². The zero-order valence-corrected chi connectivity index (χ0v) is 16.5. The van der Waals surface area contributed by atoms with Crippen LogP contribution in [0.1, 0.15) is 15.2 Å². The van der Waals surface area contributed by atoms with Gasteiger partial charge in [-0.1, -0.05) is 29.0 Å². The number of anilines is 1. The molecule has 4 aromatic rings. The summed E-state index contributed by atoms with van der Waals surface area (Å²) in [6.07, 6.45) is -4.54. The fourth-order valence-electron chi connectivity index (χ4n) is 2.88. The number of aromatic amines is 1. The van der Waals surface area contributed by atoms with Gasteiger partial charge in [0.1, 0.15) is 10.5 Å². The van der Waals surface area contributed by atoms with E-state index in [-0.39, 0.29) is 20.2 Å². The number of benzene rings is 2. The van der Waals surface area contributed by atoms with E-state index < -0.39 is 23.2 Å². The van der Waals surface area contributed by atoms with Crippen molar-refractivity contribution in [2.24, 2.45) is 0 Å². The first kappa shape index (κ1) is 19.6. The molecule has 0 aliphatic heterocycles. The van der Waals surface area contributed by atoms with E-state index in [0.29, 0.717) is 15.9 Å². The third kappa shape index (κ3) is 3.54. The Bertz CT molecular complexity index is 1410. The summed E-state index contributed by atoms with van der Waals surface area (Å²) in [5.74, 6) is -0.688. The number of carbonyl (C=O) groups is 1. The lowest BCUT2D eigenvalue weighted by Crippen LogP contribution is -2.15. The number of fused-ring (bicyclic) bond motifs is 3. The Morgan fingerprint density at radius 1 is 1.21 bits per heavy atom. The van der Waals surface area contributed by atoms with E-state index in [1.54, 1.807) is 12.1 Å². The largest absolute Gasteiger partial charge is 0.416 e. The van der Waals surface area contributed by atoms with Gasteiger partial charge in [0.2, 0.25) is 0 Å². The number of thiazole rings is 1. The zero-order valence-electron chi connectivity index (χ0n) is 14.1. The predicted octanol–water partition coefficient (Wildman–Crippen LogP) is 5.50. The number of carbonyl (C=O) groups excluding carboxylic acids is 1. The summed E-state index contributed by atoms with van der Waals surface area (Å²) in [7, 11) is 0. The summed E-state index contributed by atoms with van der Waals surface area (Å²) in [4.78, 5) is 27.8. The van der Waals surface area contributed by atoms with Crippen LogP contribution in [0.3, 0.4) is 0 Å². The molecule has 0 bridgehead atoms. The number of halogens is 4. The van der Waals surface area contributed by atoms with Gasteiger partial charge in [0.15, 0.2) is 3.95 Å². The topological polar surface area (TPSA) is 66.4 Å². The molecule has 29 heavy (non-hydrogen) atoms. The van der Waals surface area contributed by atoms with Crippen LogP contribution in [-0.4, -0.2) is 15.3 Å². The van der Waals surface area contributed by atoms with Gasteiger partial charge in [0.25, 0.3) is 11.5 Å². The maximum Gasteiger partial charge on any atom is 0.416 e. The minimum Gasteiger partial charge on any atom is -0.321 e. The number of hydrogen-bond donors (Lipinski definition) is 2. The molecule has 0 spiro atoms. The third-order valence-corrected chi connectivity index (χ3v) is 5.75. The lowest BCUT2D eigenvalue weighted by molar-refractivity contribution is -0.137. The average Bonchev–Trinajstić information content (AvgIpc) is 2.98.